The summed E-state index contributed by atoms with van der Waals surface area (Å²) in [7, 11) is 0. The summed E-state index contributed by atoms with van der Waals surface area (Å²) < 4.78 is 5.74. The zero-order valence-electron chi connectivity index (χ0n) is 17.4. The van der Waals surface area contributed by atoms with E-state index in [0.717, 1.165) is 63.0 Å². The summed E-state index contributed by atoms with van der Waals surface area (Å²) in [6.07, 6.45) is 9.88. The fourth-order valence-corrected chi connectivity index (χ4v) is 5.26. The molecular formula is C24H31NO5. The third kappa shape index (κ3) is 4.44. The molecule has 1 aromatic heterocycles. The number of carbonyl (C=O) groups excluding carboxylic acids is 1. The lowest BCUT2D eigenvalue weighted by Gasteiger charge is -2.33. The average Bonchev–Trinajstić information content (AvgIpc) is 2.69. The maximum Gasteiger partial charge on any atom is 0.284 e. The summed E-state index contributed by atoms with van der Waals surface area (Å²) >= 11 is 0. The largest absolute Gasteiger partial charge is 0.450 e. The molecule has 1 heterocycles. The summed E-state index contributed by atoms with van der Waals surface area (Å²) in [5.74, 6) is -0.972. The van der Waals surface area contributed by atoms with Crippen LogP contribution >= 0.6 is 0 Å². The Bertz CT molecular complexity index is 997. The predicted molar refractivity (Wildman–Crippen MR) is 114 cm³/mol. The monoisotopic (exact) mass is 413 g/mol. The van der Waals surface area contributed by atoms with Gasteiger partial charge in [0.2, 0.25) is 0 Å². The Morgan fingerprint density at radius 3 is 2.03 bits per heavy atom. The lowest BCUT2D eigenvalue weighted by molar-refractivity contribution is 0.00366. The van der Waals surface area contributed by atoms with Crippen molar-refractivity contribution in [3.05, 3.63) is 45.3 Å². The summed E-state index contributed by atoms with van der Waals surface area (Å²) in [6.45, 7) is 0. The van der Waals surface area contributed by atoms with Crippen molar-refractivity contribution in [3.8, 4) is 0 Å². The maximum atomic E-state index is 12.8. The number of hydrogen-bond donors (Lipinski definition) is 3. The molecule has 162 valence electrons. The van der Waals surface area contributed by atoms with Crippen LogP contribution in [0.25, 0.3) is 11.0 Å². The van der Waals surface area contributed by atoms with Crippen LogP contribution in [-0.2, 0) is 12.8 Å². The second-order valence-corrected chi connectivity index (χ2v) is 9.39. The molecular weight excluding hydrogens is 382 g/mol. The molecule has 0 aliphatic heterocycles. The van der Waals surface area contributed by atoms with E-state index in [1.165, 1.54) is 0 Å². The van der Waals surface area contributed by atoms with Crippen molar-refractivity contribution < 1.29 is 19.4 Å². The molecule has 6 heteroatoms. The first-order valence-corrected chi connectivity index (χ1v) is 11.1. The van der Waals surface area contributed by atoms with Gasteiger partial charge in [0.25, 0.3) is 5.91 Å². The van der Waals surface area contributed by atoms with E-state index in [2.05, 4.69) is 0 Å². The smallest absolute Gasteiger partial charge is 0.284 e. The molecule has 30 heavy (non-hydrogen) atoms. The number of nitrogens with two attached hydrogens (primary N) is 1. The third-order valence-electron chi connectivity index (χ3n) is 6.83. The van der Waals surface area contributed by atoms with E-state index in [1.807, 2.05) is 6.07 Å². The van der Waals surface area contributed by atoms with Gasteiger partial charge in [0.15, 0.2) is 11.2 Å². The van der Waals surface area contributed by atoms with E-state index < -0.39 is 17.1 Å². The van der Waals surface area contributed by atoms with Crippen LogP contribution in [0.15, 0.2) is 27.4 Å². The Morgan fingerprint density at radius 1 is 0.900 bits per heavy atom. The normalized spacial score (nSPS) is 20.9. The fraction of sp³-hybridized carbons (Fsp3) is 0.583. The molecule has 1 aromatic carbocycles. The minimum absolute atomic E-state index is 0.178. The molecule has 0 unspecified atom stereocenters. The van der Waals surface area contributed by atoms with Gasteiger partial charge in [0, 0.05) is 18.9 Å². The Labute approximate surface area is 176 Å². The molecule has 0 atom stereocenters. The Hall–Kier alpha value is -2.18. The van der Waals surface area contributed by atoms with E-state index in [-0.39, 0.29) is 11.2 Å². The number of fused-ring (bicyclic) bond motifs is 1. The molecule has 0 bridgehead atoms. The molecule has 2 saturated carbocycles. The molecule has 6 nitrogen and oxygen atoms in total. The van der Waals surface area contributed by atoms with Gasteiger partial charge in [-0.25, -0.2) is 0 Å². The number of hydrogen-bond acceptors (Lipinski definition) is 5. The van der Waals surface area contributed by atoms with Crippen LogP contribution in [0.1, 0.15) is 85.9 Å². The highest BCUT2D eigenvalue weighted by atomic mass is 16.3. The fourth-order valence-electron chi connectivity index (χ4n) is 5.26. The molecule has 2 fully saturated rings. The third-order valence-corrected chi connectivity index (χ3v) is 6.83. The highest BCUT2D eigenvalue weighted by Gasteiger charge is 2.33. The van der Waals surface area contributed by atoms with Gasteiger partial charge in [-0.05, 0) is 42.9 Å². The average molecular weight is 414 g/mol. The van der Waals surface area contributed by atoms with Crippen LogP contribution in [0, 0.1) is 0 Å². The predicted octanol–water partition coefficient (Wildman–Crippen LogP) is 3.37. The van der Waals surface area contributed by atoms with E-state index in [0.29, 0.717) is 42.2 Å². The second-order valence-electron chi connectivity index (χ2n) is 9.39. The number of amides is 1. The van der Waals surface area contributed by atoms with Gasteiger partial charge in [-0.1, -0.05) is 44.6 Å². The number of rotatable bonds is 5. The van der Waals surface area contributed by atoms with Gasteiger partial charge in [-0.3, -0.25) is 9.59 Å². The first-order valence-electron chi connectivity index (χ1n) is 11.1. The first-order chi connectivity index (χ1) is 14.3. The Morgan fingerprint density at radius 2 is 1.47 bits per heavy atom. The summed E-state index contributed by atoms with van der Waals surface area (Å²) in [5, 5.41) is 22.5. The van der Waals surface area contributed by atoms with E-state index in [4.69, 9.17) is 10.2 Å². The lowest BCUT2D eigenvalue weighted by Crippen LogP contribution is -2.35. The van der Waals surface area contributed by atoms with Crippen molar-refractivity contribution in [3.63, 3.8) is 0 Å². The van der Waals surface area contributed by atoms with Gasteiger partial charge < -0.3 is 20.4 Å². The molecule has 2 aromatic rings. The van der Waals surface area contributed by atoms with Crippen LogP contribution in [-0.4, -0.2) is 27.3 Å². The van der Waals surface area contributed by atoms with Gasteiger partial charge in [0.05, 0.1) is 16.6 Å². The molecule has 0 saturated heterocycles. The topological polar surface area (TPSA) is 114 Å². The van der Waals surface area contributed by atoms with Crippen LogP contribution < -0.4 is 11.2 Å². The van der Waals surface area contributed by atoms with Crippen molar-refractivity contribution in [2.75, 3.05) is 0 Å². The minimum atomic E-state index is -0.854. The standard InChI is InChI=1S/C24H31NO5/c25-22(27)20-13-19(26)18-12-16(14-23(28)7-3-1-4-8-23)11-17(21(18)30-20)15-24(29)9-5-2-6-10-24/h11-13,28-29H,1-10,14-15H2,(H2,25,27). The van der Waals surface area contributed by atoms with Crippen LogP contribution in [0.2, 0.25) is 0 Å². The SMILES string of the molecule is NC(=O)c1cc(=O)c2cc(CC3(O)CCCCC3)cc(CC3(O)CCCCC3)c2o1. The Kier molecular flexibility index (Phi) is 5.73. The molecule has 4 N–H and O–H groups in total. The van der Waals surface area contributed by atoms with E-state index >= 15 is 0 Å². The van der Waals surface area contributed by atoms with Crippen LogP contribution in [0.3, 0.4) is 0 Å². The van der Waals surface area contributed by atoms with Gasteiger partial charge in [0.1, 0.15) is 5.58 Å². The zero-order chi connectivity index (χ0) is 21.4. The molecule has 2 aliphatic carbocycles. The number of primary amides is 1. The van der Waals surface area contributed by atoms with Crippen molar-refractivity contribution in [2.45, 2.75) is 88.3 Å². The van der Waals surface area contributed by atoms with Crippen LogP contribution in [0.4, 0.5) is 0 Å². The van der Waals surface area contributed by atoms with Gasteiger partial charge in [-0.2, -0.15) is 0 Å². The first kappa shape index (κ1) is 21.1. The number of benzene rings is 1. The molecule has 2 aliphatic rings. The molecule has 0 radical (unpaired) electrons. The number of carbonyl (C=O) groups is 1. The minimum Gasteiger partial charge on any atom is -0.450 e. The highest BCUT2D eigenvalue weighted by Crippen LogP contribution is 2.36. The zero-order valence-corrected chi connectivity index (χ0v) is 17.4. The van der Waals surface area contributed by atoms with Crippen molar-refractivity contribution in [2.24, 2.45) is 5.73 Å². The highest BCUT2D eigenvalue weighted by molar-refractivity contribution is 5.92. The van der Waals surface area contributed by atoms with Gasteiger partial charge >= 0.3 is 0 Å². The summed E-state index contributed by atoms with van der Waals surface area (Å²) in [6, 6.07) is 4.81. The van der Waals surface area contributed by atoms with Crippen LogP contribution in [0.5, 0.6) is 0 Å². The molecule has 4 rings (SSSR count). The van der Waals surface area contributed by atoms with Crippen molar-refractivity contribution >= 4 is 16.9 Å². The molecule has 1 amide bonds. The Balaban J connectivity index is 1.80. The quantitative estimate of drug-likeness (QED) is 0.695. The van der Waals surface area contributed by atoms with Crippen molar-refractivity contribution in [1.82, 2.24) is 0 Å². The van der Waals surface area contributed by atoms with Crippen molar-refractivity contribution in [1.29, 1.82) is 0 Å². The summed E-state index contributed by atoms with van der Waals surface area (Å²) in [4.78, 5) is 24.4. The van der Waals surface area contributed by atoms with Gasteiger partial charge in [-0.15, -0.1) is 0 Å². The number of aliphatic hydroxyl groups is 2. The van der Waals surface area contributed by atoms with E-state index in [1.54, 1.807) is 6.07 Å². The maximum absolute atomic E-state index is 12.8. The van der Waals surface area contributed by atoms with E-state index in [9.17, 15) is 19.8 Å². The lowest BCUT2D eigenvalue weighted by atomic mass is 9.78. The summed E-state index contributed by atoms with van der Waals surface area (Å²) in [5.41, 5.74) is 5.27. The second kappa shape index (κ2) is 8.16. The molecule has 0 spiro atoms.